The summed E-state index contributed by atoms with van der Waals surface area (Å²) in [7, 11) is 1.52. The van der Waals surface area contributed by atoms with Gasteiger partial charge in [0.05, 0.1) is 12.7 Å². The number of hydrogen-bond donors (Lipinski definition) is 2. The van der Waals surface area contributed by atoms with Crippen molar-refractivity contribution in [3.05, 3.63) is 46.2 Å². The van der Waals surface area contributed by atoms with E-state index < -0.39 is 0 Å². The second kappa shape index (κ2) is 5.55. The lowest BCUT2D eigenvalue weighted by Crippen LogP contribution is -2.23. The Morgan fingerprint density at radius 3 is 2.94 bits per heavy atom. The number of thiophene rings is 1. The van der Waals surface area contributed by atoms with E-state index in [0.29, 0.717) is 23.5 Å². The van der Waals surface area contributed by atoms with Gasteiger partial charge in [0.25, 0.3) is 5.91 Å². The third kappa shape index (κ3) is 2.81. The van der Waals surface area contributed by atoms with Crippen molar-refractivity contribution >= 4 is 22.9 Å². The molecule has 1 aromatic carbocycles. The van der Waals surface area contributed by atoms with Crippen molar-refractivity contribution in [1.29, 1.82) is 0 Å². The van der Waals surface area contributed by atoms with E-state index in [1.165, 1.54) is 7.11 Å². The van der Waals surface area contributed by atoms with Crippen LogP contribution < -0.4 is 15.8 Å². The van der Waals surface area contributed by atoms with Crippen LogP contribution in [-0.2, 0) is 6.54 Å². The SMILES string of the molecule is COc1cc(N)ccc1C(=O)NCc1ccsc1. The van der Waals surface area contributed by atoms with Crippen LogP contribution in [-0.4, -0.2) is 13.0 Å². The second-order valence-electron chi connectivity index (χ2n) is 3.77. The molecule has 0 aliphatic heterocycles. The number of rotatable bonds is 4. The average molecular weight is 262 g/mol. The Bertz CT molecular complexity index is 538. The van der Waals surface area contributed by atoms with Crippen LogP contribution in [0, 0.1) is 0 Å². The molecular weight excluding hydrogens is 248 g/mol. The van der Waals surface area contributed by atoms with E-state index in [1.54, 1.807) is 29.5 Å². The number of nitrogens with two attached hydrogens (primary N) is 1. The largest absolute Gasteiger partial charge is 0.496 e. The van der Waals surface area contributed by atoms with Crippen molar-refractivity contribution in [3.8, 4) is 5.75 Å². The van der Waals surface area contributed by atoms with E-state index >= 15 is 0 Å². The van der Waals surface area contributed by atoms with Crippen LogP contribution in [0.15, 0.2) is 35.0 Å². The van der Waals surface area contributed by atoms with Crippen LogP contribution in [0.4, 0.5) is 5.69 Å². The molecule has 0 saturated heterocycles. The smallest absolute Gasteiger partial charge is 0.255 e. The summed E-state index contributed by atoms with van der Waals surface area (Å²) in [6, 6.07) is 6.96. The highest BCUT2D eigenvalue weighted by Crippen LogP contribution is 2.21. The fourth-order valence-electron chi connectivity index (χ4n) is 1.57. The Morgan fingerprint density at radius 2 is 2.28 bits per heavy atom. The van der Waals surface area contributed by atoms with E-state index in [-0.39, 0.29) is 5.91 Å². The highest BCUT2D eigenvalue weighted by atomic mass is 32.1. The molecule has 1 heterocycles. The third-order valence-corrected chi connectivity index (χ3v) is 3.24. The van der Waals surface area contributed by atoms with Gasteiger partial charge >= 0.3 is 0 Å². The molecule has 2 rings (SSSR count). The standard InChI is InChI=1S/C13H14N2O2S/c1-17-12-6-10(14)2-3-11(12)13(16)15-7-9-4-5-18-8-9/h2-6,8H,7,14H2,1H3,(H,15,16). The van der Waals surface area contributed by atoms with Crippen molar-refractivity contribution in [2.24, 2.45) is 0 Å². The molecule has 0 saturated carbocycles. The summed E-state index contributed by atoms with van der Waals surface area (Å²) < 4.78 is 5.15. The van der Waals surface area contributed by atoms with Crippen molar-refractivity contribution in [2.75, 3.05) is 12.8 Å². The van der Waals surface area contributed by atoms with Crippen molar-refractivity contribution in [3.63, 3.8) is 0 Å². The van der Waals surface area contributed by atoms with Gasteiger partial charge in [0.15, 0.2) is 0 Å². The number of amides is 1. The molecule has 1 amide bonds. The Labute approximate surface area is 109 Å². The quantitative estimate of drug-likeness (QED) is 0.831. The third-order valence-electron chi connectivity index (χ3n) is 2.50. The molecule has 18 heavy (non-hydrogen) atoms. The molecule has 94 valence electrons. The number of nitrogen functional groups attached to an aromatic ring is 1. The molecule has 5 heteroatoms. The molecule has 0 bridgehead atoms. The number of ether oxygens (including phenoxy) is 1. The molecule has 0 radical (unpaired) electrons. The van der Waals surface area contributed by atoms with Crippen LogP contribution in [0.3, 0.4) is 0 Å². The average Bonchev–Trinajstić information content (AvgIpc) is 2.88. The Hall–Kier alpha value is -2.01. The predicted molar refractivity (Wildman–Crippen MR) is 72.9 cm³/mol. The first kappa shape index (κ1) is 12.4. The van der Waals surface area contributed by atoms with Gasteiger partial charge < -0.3 is 15.8 Å². The number of hydrogen-bond acceptors (Lipinski definition) is 4. The first-order chi connectivity index (χ1) is 8.70. The highest BCUT2D eigenvalue weighted by Gasteiger charge is 2.11. The predicted octanol–water partition coefficient (Wildman–Crippen LogP) is 2.27. The van der Waals surface area contributed by atoms with Gasteiger partial charge in [0.1, 0.15) is 5.75 Å². The maximum Gasteiger partial charge on any atom is 0.255 e. The summed E-state index contributed by atoms with van der Waals surface area (Å²) in [6.45, 7) is 0.510. The van der Waals surface area contributed by atoms with Gasteiger partial charge in [-0.3, -0.25) is 4.79 Å². The van der Waals surface area contributed by atoms with Crippen LogP contribution in [0.25, 0.3) is 0 Å². The van der Waals surface area contributed by atoms with Gasteiger partial charge in [-0.1, -0.05) is 0 Å². The molecule has 0 atom stereocenters. The molecule has 0 aliphatic carbocycles. The summed E-state index contributed by atoms with van der Waals surface area (Å²) in [4.78, 5) is 12.0. The summed E-state index contributed by atoms with van der Waals surface area (Å²) in [6.07, 6.45) is 0. The number of anilines is 1. The van der Waals surface area contributed by atoms with Crippen molar-refractivity contribution in [2.45, 2.75) is 6.54 Å². The van der Waals surface area contributed by atoms with Crippen LogP contribution in [0.5, 0.6) is 5.75 Å². The first-order valence-corrected chi connectivity index (χ1v) is 6.38. The van der Waals surface area contributed by atoms with E-state index in [4.69, 9.17) is 10.5 Å². The number of carbonyl (C=O) groups excluding carboxylic acids is 1. The molecule has 2 aromatic rings. The molecule has 3 N–H and O–H groups in total. The zero-order valence-corrected chi connectivity index (χ0v) is 10.8. The zero-order valence-electron chi connectivity index (χ0n) is 9.97. The van der Waals surface area contributed by atoms with Crippen LogP contribution in [0.2, 0.25) is 0 Å². The number of nitrogens with one attached hydrogen (secondary N) is 1. The number of methoxy groups -OCH3 is 1. The van der Waals surface area contributed by atoms with Gasteiger partial charge in [0, 0.05) is 18.3 Å². The van der Waals surface area contributed by atoms with Gasteiger partial charge in [0.2, 0.25) is 0 Å². The minimum atomic E-state index is -0.168. The summed E-state index contributed by atoms with van der Waals surface area (Å²) in [5, 5.41) is 6.82. The molecule has 4 nitrogen and oxygen atoms in total. The minimum Gasteiger partial charge on any atom is -0.496 e. The van der Waals surface area contributed by atoms with E-state index in [9.17, 15) is 4.79 Å². The van der Waals surface area contributed by atoms with Gasteiger partial charge in [-0.25, -0.2) is 0 Å². The maximum atomic E-state index is 12.0. The van der Waals surface area contributed by atoms with Crippen LogP contribution in [0.1, 0.15) is 15.9 Å². The van der Waals surface area contributed by atoms with Crippen LogP contribution >= 0.6 is 11.3 Å². The van der Waals surface area contributed by atoms with E-state index in [1.807, 2.05) is 16.8 Å². The summed E-state index contributed by atoms with van der Waals surface area (Å²) >= 11 is 1.60. The molecule has 0 aliphatic rings. The lowest BCUT2D eigenvalue weighted by molar-refractivity contribution is 0.0948. The van der Waals surface area contributed by atoms with Gasteiger partial charge in [-0.15, -0.1) is 0 Å². The van der Waals surface area contributed by atoms with Gasteiger partial charge in [-0.05, 0) is 34.5 Å². The topological polar surface area (TPSA) is 64.3 Å². The first-order valence-electron chi connectivity index (χ1n) is 5.43. The molecule has 0 unspecified atom stereocenters. The Balaban J connectivity index is 2.09. The monoisotopic (exact) mass is 262 g/mol. The molecular formula is C13H14N2O2S. The Kier molecular flexibility index (Phi) is 3.84. The van der Waals surface area contributed by atoms with Crippen molar-refractivity contribution < 1.29 is 9.53 Å². The maximum absolute atomic E-state index is 12.0. The molecule has 0 fully saturated rings. The molecule has 1 aromatic heterocycles. The Morgan fingerprint density at radius 1 is 1.44 bits per heavy atom. The normalized spacial score (nSPS) is 10.1. The minimum absolute atomic E-state index is 0.168. The van der Waals surface area contributed by atoms with E-state index in [2.05, 4.69) is 5.32 Å². The van der Waals surface area contributed by atoms with E-state index in [0.717, 1.165) is 5.56 Å². The second-order valence-corrected chi connectivity index (χ2v) is 4.55. The van der Waals surface area contributed by atoms with Gasteiger partial charge in [-0.2, -0.15) is 11.3 Å². The van der Waals surface area contributed by atoms with Crippen molar-refractivity contribution in [1.82, 2.24) is 5.32 Å². The molecule has 0 spiro atoms. The fourth-order valence-corrected chi connectivity index (χ4v) is 2.23. The summed E-state index contributed by atoms with van der Waals surface area (Å²) in [5.74, 6) is 0.316. The fraction of sp³-hybridized carbons (Fsp3) is 0.154. The zero-order chi connectivity index (χ0) is 13.0. The lowest BCUT2D eigenvalue weighted by Gasteiger charge is -2.09. The highest BCUT2D eigenvalue weighted by molar-refractivity contribution is 7.07. The number of carbonyl (C=O) groups is 1. The lowest BCUT2D eigenvalue weighted by atomic mass is 10.1. The summed E-state index contributed by atoms with van der Waals surface area (Å²) in [5.41, 5.74) is 7.79. The number of benzene rings is 1.